The lowest BCUT2D eigenvalue weighted by atomic mass is 9.97. The van der Waals surface area contributed by atoms with E-state index in [2.05, 4.69) is 56.9 Å². The summed E-state index contributed by atoms with van der Waals surface area (Å²) in [5.41, 5.74) is 0.813. The van der Waals surface area contributed by atoms with Crippen LogP contribution in [0.4, 0.5) is 4.79 Å². The lowest BCUT2D eigenvalue weighted by molar-refractivity contribution is -0.265. The number of amides is 1. The minimum Gasteiger partial charge on any atom is -0.445 e. The van der Waals surface area contributed by atoms with E-state index in [-0.39, 0.29) is 24.9 Å². The number of carbonyl (C=O) groups excluding carboxylic acids is 1. The van der Waals surface area contributed by atoms with E-state index in [0.29, 0.717) is 0 Å². The molecule has 0 spiro atoms. The van der Waals surface area contributed by atoms with Crippen molar-refractivity contribution in [1.29, 1.82) is 0 Å². The Kier molecular flexibility index (Phi) is 10.7. The van der Waals surface area contributed by atoms with Crippen molar-refractivity contribution in [2.75, 3.05) is 13.2 Å². The van der Waals surface area contributed by atoms with Gasteiger partial charge in [-0.1, -0.05) is 118 Å². The maximum absolute atomic E-state index is 12.6. The molecule has 0 bridgehead atoms. The lowest BCUT2D eigenvalue weighted by Crippen LogP contribution is -2.69. The van der Waals surface area contributed by atoms with Crippen molar-refractivity contribution in [3.8, 4) is 0 Å². The molecule has 1 amide bonds. The monoisotopic (exact) mass is 591 g/mol. The first kappa shape index (κ1) is 31.6. The van der Waals surface area contributed by atoms with E-state index >= 15 is 0 Å². The van der Waals surface area contributed by atoms with Crippen molar-refractivity contribution < 1.29 is 33.6 Å². The predicted molar refractivity (Wildman–Crippen MR) is 164 cm³/mol. The Morgan fingerprint density at radius 2 is 1.48 bits per heavy atom. The van der Waals surface area contributed by atoms with Gasteiger partial charge in [0, 0.05) is 0 Å². The van der Waals surface area contributed by atoms with Gasteiger partial charge < -0.3 is 34.2 Å². The molecule has 3 aromatic rings. The molecule has 3 N–H and O–H groups in total. The van der Waals surface area contributed by atoms with Gasteiger partial charge in [0.2, 0.25) is 0 Å². The molecule has 0 saturated carbocycles. The average molecular weight is 592 g/mol. The van der Waals surface area contributed by atoms with Crippen LogP contribution in [-0.4, -0.2) is 68.5 Å². The Hall–Kier alpha value is -3.31. The zero-order valence-corrected chi connectivity index (χ0v) is 25.4. The van der Waals surface area contributed by atoms with E-state index in [4.69, 9.17) is 18.6 Å². The molecule has 5 atom stereocenters. The van der Waals surface area contributed by atoms with Gasteiger partial charge in [-0.2, -0.15) is 0 Å². The van der Waals surface area contributed by atoms with Gasteiger partial charge in [0.25, 0.3) is 8.32 Å². The summed E-state index contributed by atoms with van der Waals surface area (Å²) in [4.78, 5) is 12.6. The minimum absolute atomic E-state index is 0.00930. The molecule has 1 aliphatic heterocycles. The molecule has 224 valence electrons. The molecule has 1 unspecified atom stereocenters. The number of hydrogen-bond acceptors (Lipinski definition) is 7. The van der Waals surface area contributed by atoms with Gasteiger partial charge in [-0.05, 0) is 21.0 Å². The molecule has 9 heteroatoms. The first-order valence-corrected chi connectivity index (χ1v) is 16.0. The number of rotatable bonds is 11. The first-order valence-electron chi connectivity index (χ1n) is 14.1. The number of alkyl carbamates (subject to hydrolysis) is 1. The van der Waals surface area contributed by atoms with Crippen LogP contribution >= 0.6 is 0 Å². The van der Waals surface area contributed by atoms with Crippen LogP contribution in [-0.2, 0) is 25.2 Å². The number of nitrogens with one attached hydrogen (secondary N) is 1. The molecular formula is C33H41NO7Si. The van der Waals surface area contributed by atoms with E-state index in [1.54, 1.807) is 6.08 Å². The van der Waals surface area contributed by atoms with Gasteiger partial charge in [-0.3, -0.25) is 0 Å². The number of carbonyl (C=O) groups is 1. The highest BCUT2D eigenvalue weighted by atomic mass is 28.4. The molecule has 3 aromatic carbocycles. The molecule has 1 heterocycles. The molecule has 0 aliphatic carbocycles. The van der Waals surface area contributed by atoms with E-state index < -0.39 is 45.1 Å². The van der Waals surface area contributed by atoms with Gasteiger partial charge in [0.15, 0.2) is 6.29 Å². The SMILES string of the molecule is C=CCOC1O[C@H](CO[Si](c2ccccc2)(c2ccccc2)C(C)(C)C)[C@@H](O)[C@H](O)[C@H]1NC(=O)OCc1ccccc1. The maximum atomic E-state index is 12.6. The Morgan fingerprint density at radius 1 is 0.929 bits per heavy atom. The minimum atomic E-state index is -2.94. The van der Waals surface area contributed by atoms with Crippen molar-refractivity contribution in [3.05, 3.63) is 109 Å². The van der Waals surface area contributed by atoms with Crippen LogP contribution in [0, 0.1) is 0 Å². The summed E-state index contributed by atoms with van der Waals surface area (Å²) >= 11 is 0. The second-order valence-corrected chi connectivity index (χ2v) is 15.7. The van der Waals surface area contributed by atoms with Crippen LogP contribution in [0.3, 0.4) is 0 Å². The van der Waals surface area contributed by atoms with Crippen molar-refractivity contribution in [2.24, 2.45) is 0 Å². The standard InChI is InChI=1S/C33H41NO7Si/c1-5-21-38-31-28(34-32(37)39-22-24-15-9-6-10-16-24)30(36)29(35)27(41-31)23-40-42(33(2,3)4,25-17-11-7-12-18-25)26-19-13-8-14-20-26/h5-20,27-31,35-36H,1,21-23H2,2-4H3,(H,34,37)/t27-,28-,29-,30-,31?/m1/s1. The van der Waals surface area contributed by atoms with Gasteiger partial charge >= 0.3 is 6.09 Å². The van der Waals surface area contributed by atoms with Crippen LogP contribution in [0.15, 0.2) is 104 Å². The lowest BCUT2D eigenvalue weighted by Gasteiger charge is -2.46. The fourth-order valence-corrected chi connectivity index (χ4v) is 9.97. The van der Waals surface area contributed by atoms with Crippen molar-refractivity contribution in [1.82, 2.24) is 5.32 Å². The highest BCUT2D eigenvalue weighted by Crippen LogP contribution is 2.37. The van der Waals surface area contributed by atoms with Crippen molar-refractivity contribution in [3.63, 3.8) is 0 Å². The molecule has 4 rings (SSSR count). The average Bonchev–Trinajstić information content (AvgIpc) is 3.00. The van der Waals surface area contributed by atoms with Crippen LogP contribution in [0.2, 0.25) is 5.04 Å². The summed E-state index contributed by atoms with van der Waals surface area (Å²) in [6.45, 7) is 10.3. The quantitative estimate of drug-likeness (QED) is 0.232. The zero-order chi connectivity index (χ0) is 30.2. The number of aliphatic hydroxyl groups is 2. The van der Waals surface area contributed by atoms with E-state index in [1.807, 2.05) is 66.7 Å². The largest absolute Gasteiger partial charge is 0.445 e. The third kappa shape index (κ3) is 7.18. The second-order valence-electron chi connectivity index (χ2n) is 11.4. The first-order chi connectivity index (χ1) is 20.2. The Bertz CT molecular complexity index is 1230. The molecule has 42 heavy (non-hydrogen) atoms. The second kappa shape index (κ2) is 14.2. The summed E-state index contributed by atoms with van der Waals surface area (Å²) in [7, 11) is -2.94. The molecular weight excluding hydrogens is 550 g/mol. The molecule has 0 aromatic heterocycles. The Balaban J connectivity index is 1.55. The fourth-order valence-electron chi connectivity index (χ4n) is 5.40. The normalized spacial score (nSPS) is 22.7. The molecule has 1 saturated heterocycles. The van der Waals surface area contributed by atoms with Crippen LogP contribution in [0.1, 0.15) is 26.3 Å². The zero-order valence-electron chi connectivity index (χ0n) is 24.4. The number of hydrogen-bond donors (Lipinski definition) is 3. The number of benzene rings is 3. The highest BCUT2D eigenvalue weighted by molar-refractivity contribution is 6.99. The summed E-state index contributed by atoms with van der Waals surface area (Å²) in [6.07, 6.45) is -4.03. The Morgan fingerprint density at radius 3 is 2.00 bits per heavy atom. The van der Waals surface area contributed by atoms with E-state index in [9.17, 15) is 15.0 Å². The van der Waals surface area contributed by atoms with Gasteiger partial charge in [0.05, 0.1) is 13.2 Å². The molecule has 1 fully saturated rings. The summed E-state index contributed by atoms with van der Waals surface area (Å²) in [5.74, 6) is 0. The van der Waals surface area contributed by atoms with Gasteiger partial charge in [-0.15, -0.1) is 6.58 Å². The third-order valence-electron chi connectivity index (χ3n) is 7.46. The topological polar surface area (TPSA) is 106 Å². The van der Waals surface area contributed by atoms with Gasteiger partial charge in [0.1, 0.15) is 31.0 Å². The predicted octanol–water partition coefficient (Wildman–Crippen LogP) is 3.51. The maximum Gasteiger partial charge on any atom is 0.407 e. The van der Waals surface area contributed by atoms with Crippen LogP contribution in [0.5, 0.6) is 0 Å². The van der Waals surface area contributed by atoms with Crippen LogP contribution < -0.4 is 15.7 Å². The fraction of sp³-hybridized carbons (Fsp3) is 0.364. The summed E-state index contributed by atoms with van der Waals surface area (Å²) in [5, 5.41) is 26.9. The van der Waals surface area contributed by atoms with E-state index in [1.165, 1.54) is 0 Å². The number of ether oxygens (including phenoxy) is 3. The van der Waals surface area contributed by atoms with Crippen molar-refractivity contribution >= 4 is 24.8 Å². The molecule has 8 nitrogen and oxygen atoms in total. The highest BCUT2D eigenvalue weighted by Gasteiger charge is 2.52. The van der Waals surface area contributed by atoms with E-state index in [0.717, 1.165) is 15.9 Å². The third-order valence-corrected chi connectivity index (χ3v) is 12.5. The summed E-state index contributed by atoms with van der Waals surface area (Å²) < 4.78 is 24.2. The molecule has 0 radical (unpaired) electrons. The Labute approximate surface area is 249 Å². The van der Waals surface area contributed by atoms with Crippen LogP contribution in [0.25, 0.3) is 0 Å². The summed E-state index contributed by atoms with van der Waals surface area (Å²) in [6, 6.07) is 28.4. The number of aliphatic hydroxyl groups excluding tert-OH is 2. The molecule has 1 aliphatic rings. The van der Waals surface area contributed by atoms with Gasteiger partial charge in [-0.25, -0.2) is 4.79 Å². The van der Waals surface area contributed by atoms with Crippen molar-refractivity contribution in [2.45, 2.75) is 63.1 Å². The smallest absolute Gasteiger partial charge is 0.407 e.